The molecule has 1 aromatic rings. The van der Waals surface area contributed by atoms with Gasteiger partial charge in [-0.2, -0.15) is 0 Å². The Kier molecular flexibility index (Phi) is 4.60. The van der Waals surface area contributed by atoms with Crippen molar-refractivity contribution in [2.75, 3.05) is 12.3 Å². The van der Waals surface area contributed by atoms with Crippen LogP contribution in [0.3, 0.4) is 0 Å². The predicted molar refractivity (Wildman–Crippen MR) is 83.6 cm³/mol. The van der Waals surface area contributed by atoms with E-state index >= 15 is 0 Å². The number of benzene rings is 1. The molecule has 0 unspecified atom stereocenters. The third-order valence-electron chi connectivity index (χ3n) is 4.29. The summed E-state index contributed by atoms with van der Waals surface area (Å²) in [6, 6.07) is 3.41. The minimum atomic E-state index is -3.67. The van der Waals surface area contributed by atoms with Gasteiger partial charge in [0.25, 0.3) is 0 Å². The van der Waals surface area contributed by atoms with E-state index in [-0.39, 0.29) is 11.4 Å². The van der Waals surface area contributed by atoms with Crippen molar-refractivity contribution in [2.24, 2.45) is 0 Å². The van der Waals surface area contributed by atoms with Gasteiger partial charge >= 0.3 is 0 Å². The summed E-state index contributed by atoms with van der Waals surface area (Å²) < 4.78 is 27.6. The van der Waals surface area contributed by atoms with E-state index in [0.29, 0.717) is 29.7 Å². The zero-order valence-corrected chi connectivity index (χ0v) is 13.5. The molecule has 1 saturated carbocycles. The Morgan fingerprint density at radius 2 is 1.86 bits per heavy atom. The number of aliphatic hydroxyl groups is 1. The molecular weight excluding hydrogens is 288 g/mol. The van der Waals surface area contributed by atoms with Gasteiger partial charge in [0.1, 0.15) is 0 Å². The second-order valence-corrected chi connectivity index (χ2v) is 7.74. The first-order valence-corrected chi connectivity index (χ1v) is 8.81. The van der Waals surface area contributed by atoms with Crippen LogP contribution < -0.4 is 10.5 Å². The average molecular weight is 312 g/mol. The monoisotopic (exact) mass is 312 g/mol. The molecule has 0 atom stereocenters. The van der Waals surface area contributed by atoms with Crippen LogP contribution in [0, 0.1) is 13.8 Å². The van der Waals surface area contributed by atoms with Gasteiger partial charge in [-0.15, -0.1) is 0 Å². The molecule has 0 saturated heterocycles. The molecule has 2 rings (SSSR count). The largest absolute Gasteiger partial charge is 0.398 e. The lowest BCUT2D eigenvalue weighted by Crippen LogP contribution is -2.44. The third kappa shape index (κ3) is 3.56. The minimum absolute atomic E-state index is 0.0585. The molecule has 1 fully saturated rings. The normalized spacial score (nSPS) is 18.6. The van der Waals surface area contributed by atoms with Crippen molar-refractivity contribution in [1.82, 2.24) is 4.72 Å². The van der Waals surface area contributed by atoms with Crippen molar-refractivity contribution in [3.8, 4) is 0 Å². The molecule has 118 valence electrons. The number of sulfonamides is 1. The average Bonchev–Trinajstić information content (AvgIpc) is 2.42. The van der Waals surface area contributed by atoms with Gasteiger partial charge < -0.3 is 10.8 Å². The molecule has 0 aromatic heterocycles. The lowest BCUT2D eigenvalue weighted by Gasteiger charge is -2.32. The highest BCUT2D eigenvalue weighted by atomic mass is 32.2. The maximum absolute atomic E-state index is 12.5. The standard InChI is InChI=1S/C15H24N2O3S/c1-11-6-7-13(16)12(2)14(11)21(19,20)17-10-15(18)8-4-3-5-9-15/h6-7,17-18H,3-5,8-10,16H2,1-2H3. The van der Waals surface area contributed by atoms with E-state index in [1.54, 1.807) is 26.0 Å². The molecule has 1 aliphatic carbocycles. The maximum Gasteiger partial charge on any atom is 0.241 e. The van der Waals surface area contributed by atoms with Gasteiger partial charge in [-0.3, -0.25) is 0 Å². The number of hydrogen-bond acceptors (Lipinski definition) is 4. The lowest BCUT2D eigenvalue weighted by molar-refractivity contribution is 0.00945. The molecule has 6 heteroatoms. The third-order valence-corrected chi connectivity index (χ3v) is 5.98. The van der Waals surface area contributed by atoms with Gasteiger partial charge in [-0.1, -0.05) is 25.3 Å². The molecule has 0 aliphatic heterocycles. The van der Waals surface area contributed by atoms with E-state index in [1.165, 1.54) is 0 Å². The van der Waals surface area contributed by atoms with E-state index in [4.69, 9.17) is 5.73 Å². The highest BCUT2D eigenvalue weighted by Crippen LogP contribution is 2.29. The molecule has 0 radical (unpaired) electrons. The zero-order valence-electron chi connectivity index (χ0n) is 12.6. The summed E-state index contributed by atoms with van der Waals surface area (Å²) in [7, 11) is -3.67. The summed E-state index contributed by atoms with van der Waals surface area (Å²) in [6.07, 6.45) is 4.26. The van der Waals surface area contributed by atoms with Crippen LogP contribution in [0.4, 0.5) is 5.69 Å². The second-order valence-electron chi connectivity index (χ2n) is 6.04. The molecule has 4 N–H and O–H groups in total. The summed E-state index contributed by atoms with van der Waals surface area (Å²) in [5.74, 6) is 0. The van der Waals surface area contributed by atoms with Crippen LogP contribution in [-0.2, 0) is 10.0 Å². The van der Waals surface area contributed by atoms with Gasteiger partial charge in [0.15, 0.2) is 0 Å². The zero-order chi connectivity index (χ0) is 15.7. The lowest BCUT2D eigenvalue weighted by atomic mass is 9.85. The Balaban J connectivity index is 2.21. The van der Waals surface area contributed by atoms with Gasteiger partial charge in [0, 0.05) is 12.2 Å². The molecule has 0 heterocycles. The van der Waals surface area contributed by atoms with E-state index in [2.05, 4.69) is 4.72 Å². The number of hydrogen-bond donors (Lipinski definition) is 3. The van der Waals surface area contributed by atoms with E-state index in [0.717, 1.165) is 19.3 Å². The second kappa shape index (κ2) is 5.94. The first-order chi connectivity index (χ1) is 9.75. The van der Waals surface area contributed by atoms with Crippen molar-refractivity contribution < 1.29 is 13.5 Å². The molecular formula is C15H24N2O3S. The van der Waals surface area contributed by atoms with Gasteiger partial charge in [-0.05, 0) is 43.9 Å². The molecule has 0 spiro atoms. The first-order valence-electron chi connectivity index (χ1n) is 7.33. The number of aryl methyl sites for hydroxylation is 1. The van der Waals surface area contributed by atoms with Crippen LogP contribution in [0.5, 0.6) is 0 Å². The smallest absolute Gasteiger partial charge is 0.241 e. The van der Waals surface area contributed by atoms with Crippen LogP contribution in [0.25, 0.3) is 0 Å². The predicted octanol–water partition coefficient (Wildman–Crippen LogP) is 1.86. The summed E-state index contributed by atoms with van der Waals surface area (Å²) >= 11 is 0. The molecule has 1 aliphatic rings. The quantitative estimate of drug-likeness (QED) is 0.740. The van der Waals surface area contributed by atoms with Crippen molar-refractivity contribution in [3.63, 3.8) is 0 Å². The highest BCUT2D eigenvalue weighted by Gasteiger charge is 2.31. The Bertz CT molecular complexity index is 620. The molecule has 21 heavy (non-hydrogen) atoms. The highest BCUT2D eigenvalue weighted by molar-refractivity contribution is 7.89. The number of rotatable bonds is 4. The number of nitrogens with two attached hydrogens (primary N) is 1. The fourth-order valence-corrected chi connectivity index (χ4v) is 4.56. The Hall–Kier alpha value is -1.11. The van der Waals surface area contributed by atoms with Crippen molar-refractivity contribution in [1.29, 1.82) is 0 Å². The minimum Gasteiger partial charge on any atom is -0.398 e. The first kappa shape index (κ1) is 16.3. The van der Waals surface area contributed by atoms with E-state index in [9.17, 15) is 13.5 Å². The van der Waals surface area contributed by atoms with Gasteiger partial charge in [0.05, 0.1) is 10.5 Å². The molecule has 5 nitrogen and oxygen atoms in total. The van der Waals surface area contributed by atoms with Gasteiger partial charge in [0.2, 0.25) is 10.0 Å². The summed E-state index contributed by atoms with van der Waals surface area (Å²) in [4.78, 5) is 0.224. The summed E-state index contributed by atoms with van der Waals surface area (Å²) in [6.45, 7) is 3.51. The fourth-order valence-electron chi connectivity index (χ4n) is 2.94. The summed E-state index contributed by atoms with van der Waals surface area (Å²) in [5.41, 5.74) is 6.55. The van der Waals surface area contributed by atoms with Crippen LogP contribution >= 0.6 is 0 Å². The Labute approximate surface area is 126 Å². The summed E-state index contributed by atoms with van der Waals surface area (Å²) in [5, 5.41) is 10.4. The number of nitrogens with one attached hydrogen (secondary N) is 1. The van der Waals surface area contributed by atoms with Gasteiger partial charge in [-0.25, -0.2) is 13.1 Å². The molecule has 0 amide bonds. The van der Waals surface area contributed by atoms with Crippen LogP contribution in [0.1, 0.15) is 43.2 Å². The van der Waals surface area contributed by atoms with Crippen molar-refractivity contribution >= 4 is 15.7 Å². The van der Waals surface area contributed by atoms with Crippen LogP contribution in [0.2, 0.25) is 0 Å². The molecule has 1 aromatic carbocycles. The molecule has 0 bridgehead atoms. The van der Waals surface area contributed by atoms with Crippen LogP contribution in [0.15, 0.2) is 17.0 Å². The Morgan fingerprint density at radius 3 is 2.48 bits per heavy atom. The van der Waals surface area contributed by atoms with Crippen molar-refractivity contribution in [2.45, 2.75) is 56.4 Å². The topological polar surface area (TPSA) is 92.4 Å². The number of anilines is 1. The van der Waals surface area contributed by atoms with E-state index in [1.807, 2.05) is 0 Å². The van der Waals surface area contributed by atoms with Crippen LogP contribution in [-0.4, -0.2) is 25.7 Å². The maximum atomic E-state index is 12.5. The number of nitrogen functional groups attached to an aromatic ring is 1. The van der Waals surface area contributed by atoms with E-state index < -0.39 is 15.6 Å². The Morgan fingerprint density at radius 1 is 1.24 bits per heavy atom. The SMILES string of the molecule is Cc1ccc(N)c(C)c1S(=O)(=O)NCC1(O)CCCCC1. The fraction of sp³-hybridized carbons (Fsp3) is 0.600. The van der Waals surface area contributed by atoms with Crippen molar-refractivity contribution in [3.05, 3.63) is 23.3 Å².